The maximum atomic E-state index is 12.6. The van der Waals surface area contributed by atoms with Crippen molar-refractivity contribution in [2.45, 2.75) is 50.6 Å². The number of amides is 1. The zero-order chi connectivity index (χ0) is 16.4. The second-order valence-electron chi connectivity index (χ2n) is 6.79. The Balaban J connectivity index is 1.39. The summed E-state index contributed by atoms with van der Waals surface area (Å²) < 4.78 is 2.01. The Kier molecular flexibility index (Phi) is 4.67. The number of carbonyl (C=O) groups excluding carboxylic acids is 1. The van der Waals surface area contributed by atoms with Crippen LogP contribution in [0.5, 0.6) is 0 Å². The molecule has 24 heavy (non-hydrogen) atoms. The number of nitrogens with zero attached hydrogens (tertiary/aromatic N) is 3. The molecule has 4 rings (SSSR count). The van der Waals surface area contributed by atoms with Gasteiger partial charge < -0.3 is 5.32 Å². The molecule has 1 amide bonds. The van der Waals surface area contributed by atoms with E-state index < -0.39 is 0 Å². The van der Waals surface area contributed by atoms with Crippen molar-refractivity contribution in [1.29, 1.82) is 0 Å². The SMILES string of the molecule is O=C(CN1CCC[C@H]1c1cccs1)Nc1ccnn1C1CCCC1. The van der Waals surface area contributed by atoms with Gasteiger partial charge in [-0.15, -0.1) is 11.3 Å². The molecule has 0 bridgehead atoms. The first-order chi connectivity index (χ1) is 11.8. The molecule has 6 heteroatoms. The third kappa shape index (κ3) is 3.26. The maximum Gasteiger partial charge on any atom is 0.239 e. The van der Waals surface area contributed by atoms with E-state index in [0.717, 1.165) is 38.0 Å². The summed E-state index contributed by atoms with van der Waals surface area (Å²) >= 11 is 1.79. The lowest BCUT2D eigenvalue weighted by Gasteiger charge is -2.23. The van der Waals surface area contributed by atoms with Crippen molar-refractivity contribution >= 4 is 23.1 Å². The molecule has 1 aliphatic carbocycles. The predicted molar refractivity (Wildman–Crippen MR) is 96.2 cm³/mol. The summed E-state index contributed by atoms with van der Waals surface area (Å²) in [6.07, 6.45) is 8.94. The minimum atomic E-state index is 0.0678. The second kappa shape index (κ2) is 7.07. The number of thiophene rings is 1. The number of anilines is 1. The topological polar surface area (TPSA) is 50.2 Å². The third-order valence-electron chi connectivity index (χ3n) is 5.19. The van der Waals surface area contributed by atoms with E-state index in [9.17, 15) is 4.79 Å². The van der Waals surface area contributed by atoms with Crippen molar-refractivity contribution in [3.05, 3.63) is 34.7 Å². The highest BCUT2D eigenvalue weighted by Gasteiger charge is 2.28. The highest BCUT2D eigenvalue weighted by Crippen LogP contribution is 2.34. The molecule has 5 nitrogen and oxygen atoms in total. The van der Waals surface area contributed by atoms with Crippen LogP contribution < -0.4 is 5.32 Å². The van der Waals surface area contributed by atoms with E-state index in [1.54, 1.807) is 17.5 Å². The quantitative estimate of drug-likeness (QED) is 0.897. The summed E-state index contributed by atoms with van der Waals surface area (Å²) in [5, 5.41) is 9.63. The molecule has 0 radical (unpaired) electrons. The van der Waals surface area contributed by atoms with Crippen molar-refractivity contribution < 1.29 is 4.79 Å². The molecule has 2 aliphatic rings. The van der Waals surface area contributed by atoms with Gasteiger partial charge in [-0.1, -0.05) is 18.9 Å². The van der Waals surface area contributed by atoms with Crippen LogP contribution in [0.25, 0.3) is 0 Å². The largest absolute Gasteiger partial charge is 0.310 e. The molecule has 3 heterocycles. The van der Waals surface area contributed by atoms with Crippen LogP contribution >= 0.6 is 11.3 Å². The smallest absolute Gasteiger partial charge is 0.239 e. The van der Waals surface area contributed by atoms with Gasteiger partial charge in [0.05, 0.1) is 18.8 Å². The molecule has 2 fully saturated rings. The first kappa shape index (κ1) is 15.8. The van der Waals surface area contributed by atoms with Crippen LogP contribution in [-0.2, 0) is 4.79 Å². The van der Waals surface area contributed by atoms with E-state index in [2.05, 4.69) is 32.8 Å². The van der Waals surface area contributed by atoms with Gasteiger partial charge in [0.1, 0.15) is 5.82 Å². The lowest BCUT2D eigenvalue weighted by Crippen LogP contribution is -2.33. The van der Waals surface area contributed by atoms with Crippen molar-refractivity contribution in [2.75, 3.05) is 18.4 Å². The zero-order valence-corrected chi connectivity index (χ0v) is 14.7. The third-order valence-corrected chi connectivity index (χ3v) is 6.16. The summed E-state index contributed by atoms with van der Waals surface area (Å²) in [6.45, 7) is 1.45. The number of likely N-dealkylation sites (tertiary alicyclic amines) is 1. The molecule has 1 saturated carbocycles. The molecule has 1 N–H and O–H groups in total. The van der Waals surface area contributed by atoms with Crippen LogP contribution in [0, 0.1) is 0 Å². The molecule has 0 spiro atoms. The Morgan fingerprint density at radius 2 is 2.12 bits per heavy atom. The highest BCUT2D eigenvalue weighted by molar-refractivity contribution is 7.10. The number of aromatic nitrogens is 2. The van der Waals surface area contributed by atoms with E-state index >= 15 is 0 Å². The molecule has 1 atom stereocenters. The Labute approximate surface area is 146 Å². The summed E-state index contributed by atoms with van der Waals surface area (Å²) in [5.74, 6) is 0.914. The highest BCUT2D eigenvalue weighted by atomic mass is 32.1. The fraction of sp³-hybridized carbons (Fsp3) is 0.556. The molecule has 128 valence electrons. The molecular weight excluding hydrogens is 320 g/mol. The van der Waals surface area contributed by atoms with Gasteiger partial charge in [-0.3, -0.25) is 9.69 Å². The zero-order valence-electron chi connectivity index (χ0n) is 13.9. The average Bonchev–Trinajstić information content (AvgIpc) is 3.35. The van der Waals surface area contributed by atoms with Crippen LogP contribution in [-0.4, -0.2) is 33.7 Å². The number of hydrogen-bond donors (Lipinski definition) is 1. The van der Waals surface area contributed by atoms with Gasteiger partial charge in [-0.05, 0) is 43.7 Å². The van der Waals surface area contributed by atoms with E-state index in [1.807, 2.05) is 10.7 Å². The van der Waals surface area contributed by atoms with E-state index in [0.29, 0.717) is 18.6 Å². The van der Waals surface area contributed by atoms with Crippen LogP contribution in [0.3, 0.4) is 0 Å². The van der Waals surface area contributed by atoms with Crippen molar-refractivity contribution in [1.82, 2.24) is 14.7 Å². The molecule has 1 aliphatic heterocycles. The molecule has 2 aromatic rings. The lowest BCUT2D eigenvalue weighted by molar-refractivity contribution is -0.117. The maximum absolute atomic E-state index is 12.6. The predicted octanol–water partition coefficient (Wildman–Crippen LogP) is 3.84. The minimum absolute atomic E-state index is 0.0678. The number of nitrogens with one attached hydrogen (secondary N) is 1. The van der Waals surface area contributed by atoms with Crippen molar-refractivity contribution in [3.8, 4) is 0 Å². The summed E-state index contributed by atoms with van der Waals surface area (Å²) in [5.41, 5.74) is 0. The molecule has 0 unspecified atom stereocenters. The van der Waals surface area contributed by atoms with Gasteiger partial charge in [-0.25, -0.2) is 4.68 Å². The van der Waals surface area contributed by atoms with E-state index in [1.165, 1.54) is 17.7 Å². The van der Waals surface area contributed by atoms with Crippen molar-refractivity contribution in [2.24, 2.45) is 0 Å². The fourth-order valence-corrected chi connectivity index (χ4v) is 4.93. The monoisotopic (exact) mass is 344 g/mol. The Hall–Kier alpha value is -1.66. The Morgan fingerprint density at radius 1 is 1.25 bits per heavy atom. The van der Waals surface area contributed by atoms with Crippen LogP contribution in [0.2, 0.25) is 0 Å². The molecule has 0 aromatic carbocycles. The van der Waals surface area contributed by atoms with Crippen molar-refractivity contribution in [3.63, 3.8) is 0 Å². The number of carbonyl (C=O) groups is 1. The Bertz CT molecular complexity index is 675. The van der Waals surface area contributed by atoms with Gasteiger partial charge in [0.15, 0.2) is 0 Å². The first-order valence-electron chi connectivity index (χ1n) is 8.92. The molecule has 1 saturated heterocycles. The number of rotatable bonds is 5. The Morgan fingerprint density at radius 3 is 2.92 bits per heavy atom. The van der Waals surface area contributed by atoms with Crippen LogP contribution in [0.15, 0.2) is 29.8 Å². The fourth-order valence-electron chi connectivity index (χ4n) is 4.04. The summed E-state index contributed by atoms with van der Waals surface area (Å²) in [6, 6.07) is 7.03. The van der Waals surface area contributed by atoms with Gasteiger partial charge in [0.25, 0.3) is 0 Å². The van der Waals surface area contributed by atoms with Gasteiger partial charge in [0.2, 0.25) is 5.91 Å². The van der Waals surface area contributed by atoms with Crippen LogP contribution in [0.4, 0.5) is 5.82 Å². The normalized spacial score (nSPS) is 22.2. The summed E-state index contributed by atoms with van der Waals surface area (Å²) in [4.78, 5) is 16.2. The average molecular weight is 344 g/mol. The molecular formula is C18H24N4OS. The summed E-state index contributed by atoms with van der Waals surface area (Å²) in [7, 11) is 0. The van der Waals surface area contributed by atoms with Gasteiger partial charge in [-0.2, -0.15) is 5.10 Å². The van der Waals surface area contributed by atoms with Gasteiger partial charge >= 0.3 is 0 Å². The lowest BCUT2D eigenvalue weighted by atomic mass is 10.2. The first-order valence-corrected chi connectivity index (χ1v) is 9.80. The minimum Gasteiger partial charge on any atom is -0.310 e. The van der Waals surface area contributed by atoms with Gasteiger partial charge in [0, 0.05) is 17.0 Å². The number of hydrogen-bond acceptors (Lipinski definition) is 4. The molecule has 2 aromatic heterocycles. The van der Waals surface area contributed by atoms with E-state index in [4.69, 9.17) is 0 Å². The van der Waals surface area contributed by atoms with Crippen LogP contribution in [0.1, 0.15) is 55.5 Å². The standard InChI is InChI=1S/C18H24N4OS/c23-18(13-21-11-3-7-15(21)16-8-4-12-24-16)20-17-9-10-19-22(17)14-5-1-2-6-14/h4,8-10,12,14-15H,1-3,5-7,11,13H2,(H,20,23)/t15-/m0/s1. The second-order valence-corrected chi connectivity index (χ2v) is 7.77. The van der Waals surface area contributed by atoms with E-state index in [-0.39, 0.29) is 5.91 Å².